The Morgan fingerprint density at radius 3 is 1.96 bits per heavy atom. The van der Waals surface area contributed by atoms with Crippen molar-refractivity contribution in [1.29, 1.82) is 0 Å². The Morgan fingerprint density at radius 2 is 1.57 bits per heavy atom. The van der Waals surface area contributed by atoms with Crippen LogP contribution in [0.15, 0.2) is 48.5 Å². The fraction of sp³-hybridized carbons (Fsp3) is 0.235. The first-order chi connectivity index (χ1) is 13.1. The van der Waals surface area contributed by atoms with Gasteiger partial charge in [-0.15, -0.1) is 0 Å². The van der Waals surface area contributed by atoms with E-state index in [9.17, 15) is 19.5 Å². The fourth-order valence-corrected chi connectivity index (χ4v) is 3.60. The Bertz CT molecular complexity index is 885. The molecule has 2 aromatic carbocycles. The first-order valence-electron chi connectivity index (χ1n) is 8.11. The maximum Gasteiger partial charge on any atom is 0.513 e. The summed E-state index contributed by atoms with van der Waals surface area (Å²) < 4.78 is 24.0. The Kier molecular flexibility index (Phi) is 6.61. The predicted octanol–water partition coefficient (Wildman–Crippen LogP) is 3.29. The topological polar surface area (TPSA) is 131 Å². The quantitative estimate of drug-likeness (QED) is 0.364. The number of nitro groups is 1. The van der Waals surface area contributed by atoms with E-state index in [1.807, 2.05) is 19.0 Å². The molecule has 0 spiro atoms. The van der Waals surface area contributed by atoms with Crippen LogP contribution >= 0.6 is 7.75 Å². The van der Waals surface area contributed by atoms with E-state index < -0.39 is 24.7 Å². The van der Waals surface area contributed by atoms with E-state index in [0.717, 1.165) is 5.69 Å². The van der Waals surface area contributed by atoms with Crippen molar-refractivity contribution in [2.24, 2.45) is 0 Å². The van der Waals surface area contributed by atoms with Crippen molar-refractivity contribution in [3.8, 4) is 11.5 Å². The molecule has 2 aromatic rings. The first-order valence-corrected chi connectivity index (χ1v) is 9.65. The molecule has 2 atom stereocenters. The van der Waals surface area contributed by atoms with Gasteiger partial charge in [-0.25, -0.2) is 4.57 Å². The Hall–Kier alpha value is -3.10. The maximum atomic E-state index is 13.1. The van der Waals surface area contributed by atoms with Gasteiger partial charge in [0.1, 0.15) is 17.5 Å². The molecule has 2 rings (SSSR count). The summed E-state index contributed by atoms with van der Waals surface area (Å²) in [5.41, 5.74) is 0.708. The molecule has 0 aliphatic rings. The number of aliphatic carboxylic acids is 1. The van der Waals surface area contributed by atoms with Gasteiger partial charge < -0.3 is 19.1 Å². The van der Waals surface area contributed by atoms with Gasteiger partial charge >= 0.3 is 13.7 Å². The third kappa shape index (κ3) is 5.70. The third-order valence-electron chi connectivity index (χ3n) is 3.57. The van der Waals surface area contributed by atoms with Crippen molar-refractivity contribution in [2.45, 2.75) is 13.0 Å². The van der Waals surface area contributed by atoms with Gasteiger partial charge in [-0.05, 0) is 43.3 Å². The van der Waals surface area contributed by atoms with Crippen molar-refractivity contribution < 1.29 is 28.4 Å². The van der Waals surface area contributed by atoms with Gasteiger partial charge in [0, 0.05) is 31.9 Å². The van der Waals surface area contributed by atoms with E-state index in [-0.39, 0.29) is 17.2 Å². The summed E-state index contributed by atoms with van der Waals surface area (Å²) in [6.07, 6.45) is 0. The third-order valence-corrected chi connectivity index (χ3v) is 5.18. The SMILES string of the molecule is CC(NP(=O)(Oc1ccc(N(C)C)cc1)Oc1ccc([N+](=O)[O-])cc1)C(=O)O. The summed E-state index contributed by atoms with van der Waals surface area (Å²) >= 11 is 0. The number of carboxylic acids is 1. The number of hydrogen-bond acceptors (Lipinski definition) is 7. The van der Waals surface area contributed by atoms with Crippen LogP contribution in [0, 0.1) is 10.1 Å². The van der Waals surface area contributed by atoms with Crippen LogP contribution in [0.2, 0.25) is 0 Å². The van der Waals surface area contributed by atoms with Crippen molar-refractivity contribution >= 4 is 25.1 Å². The highest BCUT2D eigenvalue weighted by Crippen LogP contribution is 2.45. The highest BCUT2D eigenvalue weighted by molar-refractivity contribution is 7.52. The van der Waals surface area contributed by atoms with Crippen molar-refractivity contribution in [3.63, 3.8) is 0 Å². The highest BCUT2D eigenvalue weighted by atomic mass is 31.2. The van der Waals surface area contributed by atoms with Crippen LogP contribution in [0.4, 0.5) is 11.4 Å². The molecule has 0 aromatic heterocycles. The molecule has 11 heteroatoms. The second kappa shape index (κ2) is 8.73. The number of nitro benzene ring substituents is 1. The molecular weight excluding hydrogens is 389 g/mol. The largest absolute Gasteiger partial charge is 0.513 e. The highest BCUT2D eigenvalue weighted by Gasteiger charge is 2.33. The van der Waals surface area contributed by atoms with Gasteiger partial charge in [-0.2, -0.15) is 5.09 Å². The van der Waals surface area contributed by atoms with Crippen LogP contribution in [-0.4, -0.2) is 36.1 Å². The molecular formula is C17H20N3O7P. The monoisotopic (exact) mass is 409 g/mol. The zero-order chi connectivity index (χ0) is 20.9. The van der Waals surface area contributed by atoms with Crippen LogP contribution in [0.3, 0.4) is 0 Å². The van der Waals surface area contributed by atoms with E-state index >= 15 is 0 Å². The summed E-state index contributed by atoms with van der Waals surface area (Å²) in [7, 11) is -0.454. The van der Waals surface area contributed by atoms with Gasteiger partial charge in [0.25, 0.3) is 5.69 Å². The lowest BCUT2D eigenvalue weighted by molar-refractivity contribution is -0.384. The van der Waals surface area contributed by atoms with Crippen molar-refractivity contribution in [3.05, 3.63) is 58.6 Å². The Morgan fingerprint density at radius 1 is 1.11 bits per heavy atom. The van der Waals surface area contributed by atoms with Gasteiger partial charge in [0.2, 0.25) is 0 Å². The maximum absolute atomic E-state index is 13.1. The molecule has 0 saturated carbocycles. The number of hydrogen-bond donors (Lipinski definition) is 2. The molecule has 2 unspecified atom stereocenters. The van der Waals surface area contributed by atoms with Gasteiger partial charge in [0.05, 0.1) is 4.92 Å². The number of anilines is 1. The minimum atomic E-state index is -4.17. The van der Waals surface area contributed by atoms with Crippen LogP contribution in [0.1, 0.15) is 6.92 Å². The number of non-ortho nitro benzene ring substituents is 1. The minimum absolute atomic E-state index is 0.0175. The molecule has 0 aliphatic carbocycles. The molecule has 0 heterocycles. The average Bonchev–Trinajstić information content (AvgIpc) is 2.62. The molecule has 0 aliphatic heterocycles. The molecule has 2 N–H and O–H groups in total. The van der Waals surface area contributed by atoms with E-state index in [0.29, 0.717) is 0 Å². The van der Waals surface area contributed by atoms with E-state index in [4.69, 9.17) is 14.2 Å². The fourth-order valence-electron chi connectivity index (χ4n) is 2.08. The van der Waals surface area contributed by atoms with E-state index in [1.165, 1.54) is 31.2 Å². The smallest absolute Gasteiger partial charge is 0.480 e. The normalized spacial score (nSPS) is 13.8. The zero-order valence-electron chi connectivity index (χ0n) is 15.4. The van der Waals surface area contributed by atoms with E-state index in [2.05, 4.69) is 5.09 Å². The van der Waals surface area contributed by atoms with Crippen molar-refractivity contribution in [2.75, 3.05) is 19.0 Å². The predicted molar refractivity (Wildman–Crippen MR) is 103 cm³/mol. The van der Waals surface area contributed by atoms with Gasteiger partial charge in [-0.1, -0.05) is 0 Å². The van der Waals surface area contributed by atoms with Crippen LogP contribution in [0.25, 0.3) is 0 Å². The number of carboxylic acid groups (broad SMARTS) is 1. The molecule has 0 fully saturated rings. The molecule has 0 saturated heterocycles. The second-order valence-electron chi connectivity index (χ2n) is 6.01. The van der Waals surface area contributed by atoms with Gasteiger partial charge in [-0.3, -0.25) is 14.9 Å². The van der Waals surface area contributed by atoms with E-state index in [1.54, 1.807) is 24.3 Å². The molecule has 0 radical (unpaired) electrons. The number of rotatable bonds is 9. The summed E-state index contributed by atoms with van der Waals surface area (Å²) in [5.74, 6) is -1.04. The van der Waals surface area contributed by atoms with Gasteiger partial charge in [0.15, 0.2) is 0 Å². The molecule has 0 amide bonds. The number of nitrogens with zero attached hydrogens (tertiary/aromatic N) is 2. The number of nitrogens with one attached hydrogen (secondary N) is 1. The molecule has 0 bridgehead atoms. The summed E-state index contributed by atoms with van der Waals surface area (Å²) in [5, 5.41) is 22.2. The number of benzene rings is 2. The lowest BCUT2D eigenvalue weighted by atomic mass is 10.3. The Labute approximate surface area is 161 Å². The standard InChI is InChI=1S/C17H20N3O7P/c1-12(17(21)22)18-28(25,26-15-8-4-13(5-9-15)19(2)3)27-16-10-6-14(7-11-16)20(23)24/h4-12H,1-3H3,(H,18,25)(H,21,22). The second-order valence-corrected chi connectivity index (χ2v) is 7.63. The number of carbonyl (C=O) groups is 1. The summed E-state index contributed by atoms with van der Waals surface area (Å²) in [4.78, 5) is 23.2. The minimum Gasteiger partial charge on any atom is -0.480 e. The molecule has 150 valence electrons. The zero-order valence-corrected chi connectivity index (χ0v) is 16.3. The lowest BCUT2D eigenvalue weighted by Gasteiger charge is -2.22. The lowest BCUT2D eigenvalue weighted by Crippen LogP contribution is -2.34. The van der Waals surface area contributed by atoms with Crippen LogP contribution < -0.4 is 19.0 Å². The molecule has 28 heavy (non-hydrogen) atoms. The average molecular weight is 409 g/mol. The summed E-state index contributed by atoms with van der Waals surface area (Å²) in [6.45, 7) is 1.28. The van der Waals surface area contributed by atoms with Crippen molar-refractivity contribution in [1.82, 2.24) is 5.09 Å². The summed E-state index contributed by atoms with van der Waals surface area (Å²) in [6, 6.07) is 10.2. The Balaban J connectivity index is 2.27. The first kappa shape index (κ1) is 21.2. The van der Waals surface area contributed by atoms with Crippen LogP contribution in [-0.2, 0) is 9.36 Å². The van der Waals surface area contributed by atoms with Crippen LogP contribution in [0.5, 0.6) is 11.5 Å². The molecule has 10 nitrogen and oxygen atoms in total.